The van der Waals surface area contributed by atoms with Crippen LogP contribution in [0.3, 0.4) is 0 Å². The van der Waals surface area contributed by atoms with E-state index in [4.69, 9.17) is 4.74 Å². The second-order valence-electron chi connectivity index (χ2n) is 4.78. The highest BCUT2D eigenvalue weighted by molar-refractivity contribution is 5.34. The molecule has 1 unspecified atom stereocenters. The monoisotopic (exact) mass is 292 g/mol. The molecule has 0 aliphatic heterocycles. The van der Waals surface area contributed by atoms with Crippen molar-refractivity contribution in [3.63, 3.8) is 0 Å². The van der Waals surface area contributed by atoms with E-state index >= 15 is 0 Å². The Bertz CT molecular complexity index is 719. The number of ether oxygens (including phenoxy) is 1. The molecule has 0 aliphatic rings. The SMILES string of the molecule is CC(Nc1nccc(Oc2ccccc2)n1)c1ccncc1. The summed E-state index contributed by atoms with van der Waals surface area (Å²) in [6.07, 6.45) is 5.21. The topological polar surface area (TPSA) is 59.9 Å². The van der Waals surface area contributed by atoms with Crippen LogP contribution in [0.2, 0.25) is 0 Å². The average Bonchev–Trinajstić information content (AvgIpc) is 2.57. The fourth-order valence-corrected chi connectivity index (χ4v) is 2.01. The Kier molecular flexibility index (Phi) is 4.25. The Morgan fingerprint density at radius 2 is 1.73 bits per heavy atom. The van der Waals surface area contributed by atoms with Crippen LogP contribution in [0.1, 0.15) is 18.5 Å². The third kappa shape index (κ3) is 3.58. The molecule has 1 atom stereocenters. The number of nitrogens with one attached hydrogen (secondary N) is 1. The largest absolute Gasteiger partial charge is 0.439 e. The van der Waals surface area contributed by atoms with E-state index in [0.717, 1.165) is 11.3 Å². The van der Waals surface area contributed by atoms with E-state index in [-0.39, 0.29) is 6.04 Å². The van der Waals surface area contributed by atoms with Crippen LogP contribution in [0, 0.1) is 0 Å². The Hall–Kier alpha value is -2.95. The maximum atomic E-state index is 5.71. The lowest BCUT2D eigenvalue weighted by Crippen LogP contribution is -2.09. The molecule has 0 saturated heterocycles. The van der Waals surface area contributed by atoms with Crippen molar-refractivity contribution in [2.24, 2.45) is 0 Å². The number of rotatable bonds is 5. The number of anilines is 1. The lowest BCUT2D eigenvalue weighted by molar-refractivity contribution is 0.462. The molecule has 2 aromatic heterocycles. The Morgan fingerprint density at radius 3 is 2.50 bits per heavy atom. The molecule has 2 heterocycles. The van der Waals surface area contributed by atoms with Crippen LogP contribution in [-0.2, 0) is 0 Å². The standard InChI is InChI=1S/C17H16N4O/c1-13(14-7-10-18-11-8-14)20-17-19-12-9-16(21-17)22-15-5-3-2-4-6-15/h2-13H,1H3,(H,19,20,21). The van der Waals surface area contributed by atoms with Crippen LogP contribution in [0.5, 0.6) is 11.6 Å². The molecule has 1 N–H and O–H groups in total. The molecular weight excluding hydrogens is 276 g/mol. The first-order valence-electron chi connectivity index (χ1n) is 7.04. The predicted molar refractivity (Wildman–Crippen MR) is 84.8 cm³/mol. The molecule has 110 valence electrons. The molecular formula is C17H16N4O. The second-order valence-corrected chi connectivity index (χ2v) is 4.78. The van der Waals surface area contributed by atoms with E-state index in [1.165, 1.54) is 0 Å². The zero-order valence-electron chi connectivity index (χ0n) is 12.2. The van der Waals surface area contributed by atoms with Gasteiger partial charge in [-0.25, -0.2) is 4.98 Å². The van der Waals surface area contributed by atoms with Crippen LogP contribution in [-0.4, -0.2) is 15.0 Å². The van der Waals surface area contributed by atoms with Gasteiger partial charge in [0.05, 0.1) is 6.04 Å². The second kappa shape index (κ2) is 6.67. The zero-order valence-corrected chi connectivity index (χ0v) is 12.2. The van der Waals surface area contributed by atoms with Gasteiger partial charge in [-0.1, -0.05) is 18.2 Å². The highest BCUT2D eigenvalue weighted by Gasteiger charge is 2.07. The highest BCUT2D eigenvalue weighted by Crippen LogP contribution is 2.21. The van der Waals surface area contributed by atoms with Crippen molar-refractivity contribution in [3.8, 4) is 11.6 Å². The summed E-state index contributed by atoms with van der Waals surface area (Å²) < 4.78 is 5.71. The summed E-state index contributed by atoms with van der Waals surface area (Å²) >= 11 is 0. The van der Waals surface area contributed by atoms with Gasteiger partial charge in [-0.2, -0.15) is 4.98 Å². The smallest absolute Gasteiger partial charge is 0.226 e. The molecule has 0 saturated carbocycles. The van der Waals surface area contributed by atoms with Gasteiger partial charge in [0.25, 0.3) is 0 Å². The van der Waals surface area contributed by atoms with Crippen molar-refractivity contribution < 1.29 is 4.74 Å². The highest BCUT2D eigenvalue weighted by atomic mass is 16.5. The molecule has 0 aliphatic carbocycles. The Labute approximate surface area is 129 Å². The summed E-state index contributed by atoms with van der Waals surface area (Å²) in [5.41, 5.74) is 1.12. The van der Waals surface area contributed by atoms with E-state index in [1.54, 1.807) is 24.7 Å². The summed E-state index contributed by atoms with van der Waals surface area (Å²) in [7, 11) is 0. The predicted octanol–water partition coefficient (Wildman–Crippen LogP) is 3.84. The number of para-hydroxylation sites is 1. The summed E-state index contributed by atoms with van der Waals surface area (Å²) in [4.78, 5) is 12.6. The number of nitrogens with zero attached hydrogens (tertiary/aromatic N) is 3. The van der Waals surface area contributed by atoms with Crippen molar-refractivity contribution in [2.75, 3.05) is 5.32 Å². The van der Waals surface area contributed by atoms with Gasteiger partial charge in [-0.15, -0.1) is 0 Å². The minimum Gasteiger partial charge on any atom is -0.439 e. The van der Waals surface area contributed by atoms with Gasteiger partial charge in [-0.05, 0) is 36.8 Å². The number of aromatic nitrogens is 3. The Morgan fingerprint density at radius 1 is 0.955 bits per heavy atom. The lowest BCUT2D eigenvalue weighted by Gasteiger charge is -2.14. The first-order chi connectivity index (χ1) is 10.8. The van der Waals surface area contributed by atoms with Crippen molar-refractivity contribution in [3.05, 3.63) is 72.7 Å². The minimum atomic E-state index is 0.0787. The van der Waals surface area contributed by atoms with Crippen molar-refractivity contribution in [1.29, 1.82) is 0 Å². The summed E-state index contributed by atoms with van der Waals surface area (Å²) in [6, 6.07) is 15.3. The summed E-state index contributed by atoms with van der Waals surface area (Å²) in [5, 5.41) is 3.25. The van der Waals surface area contributed by atoms with Crippen LogP contribution < -0.4 is 10.1 Å². The summed E-state index contributed by atoms with van der Waals surface area (Å²) in [5.74, 6) is 1.78. The normalized spacial score (nSPS) is 11.7. The third-order valence-electron chi connectivity index (χ3n) is 3.15. The molecule has 0 fully saturated rings. The van der Waals surface area contributed by atoms with E-state index < -0.39 is 0 Å². The average molecular weight is 292 g/mol. The van der Waals surface area contributed by atoms with Crippen molar-refractivity contribution in [2.45, 2.75) is 13.0 Å². The molecule has 1 aromatic carbocycles. The van der Waals surface area contributed by atoms with Gasteiger partial charge in [-0.3, -0.25) is 4.98 Å². The molecule has 0 spiro atoms. The van der Waals surface area contributed by atoms with Crippen molar-refractivity contribution in [1.82, 2.24) is 15.0 Å². The van der Waals surface area contributed by atoms with Crippen LogP contribution in [0.4, 0.5) is 5.95 Å². The zero-order chi connectivity index (χ0) is 15.2. The fourth-order valence-electron chi connectivity index (χ4n) is 2.01. The maximum Gasteiger partial charge on any atom is 0.226 e. The van der Waals surface area contributed by atoms with Gasteiger partial charge in [0.2, 0.25) is 11.8 Å². The quantitative estimate of drug-likeness (QED) is 0.774. The van der Waals surface area contributed by atoms with E-state index in [1.807, 2.05) is 49.4 Å². The van der Waals surface area contributed by atoms with Gasteiger partial charge in [0.1, 0.15) is 5.75 Å². The molecule has 0 amide bonds. The molecule has 22 heavy (non-hydrogen) atoms. The molecule has 0 bridgehead atoms. The number of pyridine rings is 1. The first kappa shape index (κ1) is 14.0. The van der Waals surface area contributed by atoms with Gasteiger partial charge < -0.3 is 10.1 Å². The molecule has 0 radical (unpaired) electrons. The Balaban J connectivity index is 1.71. The number of hydrogen-bond acceptors (Lipinski definition) is 5. The molecule has 5 nitrogen and oxygen atoms in total. The van der Waals surface area contributed by atoms with E-state index in [0.29, 0.717) is 11.8 Å². The van der Waals surface area contributed by atoms with Gasteiger partial charge >= 0.3 is 0 Å². The van der Waals surface area contributed by atoms with Crippen LogP contribution >= 0.6 is 0 Å². The fraction of sp³-hybridized carbons (Fsp3) is 0.118. The number of benzene rings is 1. The first-order valence-corrected chi connectivity index (χ1v) is 7.04. The van der Waals surface area contributed by atoms with E-state index in [9.17, 15) is 0 Å². The lowest BCUT2D eigenvalue weighted by atomic mass is 10.1. The van der Waals surface area contributed by atoms with Crippen LogP contribution in [0.25, 0.3) is 0 Å². The van der Waals surface area contributed by atoms with Gasteiger partial charge in [0, 0.05) is 24.7 Å². The van der Waals surface area contributed by atoms with Crippen molar-refractivity contribution >= 4 is 5.95 Å². The van der Waals surface area contributed by atoms with Crippen LogP contribution in [0.15, 0.2) is 67.1 Å². The van der Waals surface area contributed by atoms with E-state index in [2.05, 4.69) is 20.3 Å². The maximum absolute atomic E-state index is 5.71. The molecule has 3 aromatic rings. The summed E-state index contributed by atoms with van der Waals surface area (Å²) in [6.45, 7) is 2.05. The minimum absolute atomic E-state index is 0.0787. The van der Waals surface area contributed by atoms with Gasteiger partial charge in [0.15, 0.2) is 0 Å². The molecule has 5 heteroatoms. The molecule has 3 rings (SSSR count). The number of hydrogen-bond donors (Lipinski definition) is 1. The third-order valence-corrected chi connectivity index (χ3v) is 3.15.